The molecule has 2 amide bonds. The number of amides is 2. The largest absolute Gasteiger partial charge is 0.491 e. The molecule has 0 fully saturated rings. The number of carbonyl (C=O) groups excluding carboxylic acids is 2. The molecule has 0 aliphatic rings. The number of rotatable bonds is 7. The van der Waals surface area contributed by atoms with Crippen LogP contribution in [0.15, 0.2) is 91.0 Å². The van der Waals surface area contributed by atoms with E-state index in [0.717, 1.165) is 16.5 Å². The lowest BCUT2D eigenvalue weighted by Crippen LogP contribution is -2.30. The number of nitrogens with one attached hydrogen (secondary N) is 1. The second-order valence-corrected chi connectivity index (χ2v) is 8.27. The Balaban J connectivity index is 1.50. The lowest BCUT2D eigenvalue weighted by Gasteiger charge is -2.23. The molecule has 0 aliphatic carbocycles. The minimum atomic E-state index is -0.237. The molecule has 0 unspecified atom stereocenters. The van der Waals surface area contributed by atoms with E-state index in [9.17, 15) is 9.59 Å². The molecular formula is C29H28N2O3. The fraction of sp³-hybridized carbons (Fsp3) is 0.172. The van der Waals surface area contributed by atoms with Crippen molar-refractivity contribution in [2.75, 3.05) is 16.8 Å². The molecule has 0 aliphatic heterocycles. The van der Waals surface area contributed by atoms with Gasteiger partial charge in [-0.15, -0.1) is 0 Å². The van der Waals surface area contributed by atoms with Crippen molar-refractivity contribution >= 4 is 34.0 Å². The maximum Gasteiger partial charge on any atom is 0.258 e. The second kappa shape index (κ2) is 10.2. The first-order valence-electron chi connectivity index (χ1n) is 11.4. The molecule has 0 aromatic heterocycles. The molecule has 34 heavy (non-hydrogen) atoms. The van der Waals surface area contributed by atoms with Gasteiger partial charge in [0.05, 0.1) is 11.8 Å². The molecule has 5 heteroatoms. The normalized spacial score (nSPS) is 10.8. The second-order valence-electron chi connectivity index (χ2n) is 8.27. The molecule has 5 nitrogen and oxygen atoms in total. The zero-order chi connectivity index (χ0) is 24.1. The van der Waals surface area contributed by atoms with Gasteiger partial charge in [-0.3, -0.25) is 9.59 Å². The van der Waals surface area contributed by atoms with E-state index in [1.165, 1.54) is 0 Å². The van der Waals surface area contributed by atoms with Crippen LogP contribution in [0.1, 0.15) is 41.5 Å². The highest BCUT2D eigenvalue weighted by molar-refractivity contribution is 6.11. The number of anilines is 2. The number of benzene rings is 4. The van der Waals surface area contributed by atoms with Gasteiger partial charge in [0.25, 0.3) is 11.8 Å². The third kappa shape index (κ3) is 5.09. The predicted octanol–water partition coefficient (Wildman–Crippen LogP) is 6.55. The summed E-state index contributed by atoms with van der Waals surface area (Å²) < 4.78 is 5.67. The van der Waals surface area contributed by atoms with Crippen molar-refractivity contribution in [2.24, 2.45) is 0 Å². The average Bonchev–Trinajstić information content (AvgIpc) is 2.85. The van der Waals surface area contributed by atoms with E-state index in [1.807, 2.05) is 69.3 Å². The molecule has 0 atom stereocenters. The van der Waals surface area contributed by atoms with Gasteiger partial charge in [0, 0.05) is 28.7 Å². The molecule has 0 radical (unpaired) electrons. The number of nitrogens with zero attached hydrogens (tertiary/aromatic N) is 1. The smallest absolute Gasteiger partial charge is 0.258 e. The Kier molecular flexibility index (Phi) is 6.93. The number of hydrogen-bond acceptors (Lipinski definition) is 3. The Morgan fingerprint density at radius 3 is 2.29 bits per heavy atom. The van der Waals surface area contributed by atoms with Crippen LogP contribution in [0.3, 0.4) is 0 Å². The molecule has 0 saturated carbocycles. The highest BCUT2D eigenvalue weighted by Crippen LogP contribution is 2.28. The van der Waals surface area contributed by atoms with E-state index in [4.69, 9.17) is 4.74 Å². The summed E-state index contributed by atoms with van der Waals surface area (Å²) in [6.07, 6.45) is 0.0277. The molecule has 0 spiro atoms. The van der Waals surface area contributed by atoms with Crippen LogP contribution in [0.25, 0.3) is 10.8 Å². The van der Waals surface area contributed by atoms with Gasteiger partial charge in [-0.05, 0) is 74.7 Å². The average molecular weight is 453 g/mol. The molecule has 4 aromatic rings. The van der Waals surface area contributed by atoms with Gasteiger partial charge < -0.3 is 15.0 Å². The van der Waals surface area contributed by atoms with Gasteiger partial charge in [0.2, 0.25) is 0 Å². The van der Waals surface area contributed by atoms with Crippen LogP contribution >= 0.6 is 0 Å². The van der Waals surface area contributed by atoms with Crippen LogP contribution in [-0.4, -0.2) is 24.5 Å². The summed E-state index contributed by atoms with van der Waals surface area (Å²) in [7, 11) is 0. The molecule has 0 heterocycles. The van der Waals surface area contributed by atoms with Crippen molar-refractivity contribution < 1.29 is 14.3 Å². The molecule has 1 N–H and O–H groups in total. The van der Waals surface area contributed by atoms with Crippen molar-refractivity contribution in [1.82, 2.24) is 0 Å². The summed E-state index contributed by atoms with van der Waals surface area (Å²) >= 11 is 0. The van der Waals surface area contributed by atoms with E-state index in [2.05, 4.69) is 5.32 Å². The first-order chi connectivity index (χ1) is 16.5. The van der Waals surface area contributed by atoms with Crippen LogP contribution in [0, 0.1) is 0 Å². The predicted molar refractivity (Wildman–Crippen MR) is 138 cm³/mol. The number of fused-ring (bicyclic) bond motifs is 1. The summed E-state index contributed by atoms with van der Waals surface area (Å²) in [6.45, 7) is 6.39. The topological polar surface area (TPSA) is 58.6 Å². The zero-order valence-corrected chi connectivity index (χ0v) is 19.6. The fourth-order valence-electron chi connectivity index (χ4n) is 3.91. The van der Waals surface area contributed by atoms with Crippen LogP contribution in [-0.2, 0) is 0 Å². The highest BCUT2D eigenvalue weighted by Gasteiger charge is 2.18. The van der Waals surface area contributed by atoms with Crippen molar-refractivity contribution in [3.8, 4) is 5.75 Å². The Labute approximate surface area is 200 Å². The minimum absolute atomic E-state index is 0.0277. The summed E-state index contributed by atoms with van der Waals surface area (Å²) in [4.78, 5) is 27.8. The molecule has 0 saturated heterocycles. The van der Waals surface area contributed by atoms with Gasteiger partial charge in [0.1, 0.15) is 5.75 Å². The van der Waals surface area contributed by atoms with Gasteiger partial charge in [0.15, 0.2) is 0 Å². The summed E-state index contributed by atoms with van der Waals surface area (Å²) in [5, 5.41) is 5.01. The molecule has 4 aromatic carbocycles. The molecule has 172 valence electrons. The maximum atomic E-state index is 13.3. The van der Waals surface area contributed by atoms with E-state index < -0.39 is 0 Å². The molecule has 4 rings (SSSR count). The summed E-state index contributed by atoms with van der Waals surface area (Å²) in [6, 6.07) is 28.1. The first-order valence-corrected chi connectivity index (χ1v) is 11.4. The number of carbonyl (C=O) groups is 2. The van der Waals surface area contributed by atoms with Gasteiger partial charge >= 0.3 is 0 Å². The Morgan fingerprint density at radius 1 is 0.853 bits per heavy atom. The fourth-order valence-corrected chi connectivity index (χ4v) is 3.91. The first kappa shape index (κ1) is 23.1. The highest BCUT2D eigenvalue weighted by atomic mass is 16.5. The molecule has 0 bridgehead atoms. The van der Waals surface area contributed by atoms with E-state index in [1.54, 1.807) is 47.4 Å². The minimum Gasteiger partial charge on any atom is -0.491 e. The quantitative estimate of drug-likeness (QED) is 0.346. The van der Waals surface area contributed by atoms with E-state index in [0.29, 0.717) is 29.1 Å². The van der Waals surface area contributed by atoms with Crippen molar-refractivity contribution in [3.63, 3.8) is 0 Å². The monoisotopic (exact) mass is 452 g/mol. The summed E-state index contributed by atoms with van der Waals surface area (Å²) in [5.41, 5.74) is 2.56. The third-order valence-electron chi connectivity index (χ3n) is 5.48. The zero-order valence-electron chi connectivity index (χ0n) is 19.6. The Bertz CT molecular complexity index is 1310. The van der Waals surface area contributed by atoms with Crippen molar-refractivity contribution in [2.45, 2.75) is 26.9 Å². The van der Waals surface area contributed by atoms with Gasteiger partial charge in [-0.25, -0.2) is 0 Å². The van der Waals surface area contributed by atoms with E-state index in [-0.39, 0.29) is 17.9 Å². The summed E-state index contributed by atoms with van der Waals surface area (Å²) in [5.74, 6) is 0.325. The lowest BCUT2D eigenvalue weighted by molar-refractivity contribution is 0.0987. The number of hydrogen-bond donors (Lipinski definition) is 1. The van der Waals surface area contributed by atoms with Gasteiger partial charge in [-0.1, -0.05) is 42.5 Å². The Morgan fingerprint density at radius 2 is 1.56 bits per heavy atom. The van der Waals surface area contributed by atoms with Gasteiger partial charge in [-0.2, -0.15) is 0 Å². The van der Waals surface area contributed by atoms with Crippen LogP contribution < -0.4 is 15.0 Å². The van der Waals surface area contributed by atoms with Crippen molar-refractivity contribution in [3.05, 3.63) is 102 Å². The lowest BCUT2D eigenvalue weighted by atomic mass is 10.1. The SMILES string of the molecule is CCN(C(=O)c1ccc(NC(=O)c2cccc(OC(C)C)c2)cc1)c1cccc2ccccc12. The van der Waals surface area contributed by atoms with E-state index >= 15 is 0 Å². The maximum absolute atomic E-state index is 13.3. The van der Waals surface area contributed by atoms with Crippen LogP contribution in [0.2, 0.25) is 0 Å². The van der Waals surface area contributed by atoms with Crippen LogP contribution in [0.4, 0.5) is 11.4 Å². The molecular weight excluding hydrogens is 424 g/mol. The van der Waals surface area contributed by atoms with Crippen LogP contribution in [0.5, 0.6) is 5.75 Å². The Hall–Kier alpha value is -4.12. The number of ether oxygens (including phenoxy) is 1. The van der Waals surface area contributed by atoms with Crippen molar-refractivity contribution in [1.29, 1.82) is 0 Å². The standard InChI is InChI=1S/C29H28N2O3/c1-4-31(27-14-8-10-21-9-5-6-13-26(21)27)29(33)22-15-17-24(18-16-22)30-28(32)23-11-7-12-25(19-23)34-20(2)3/h5-20H,4H2,1-3H3,(H,30,32). The third-order valence-corrected chi connectivity index (χ3v) is 5.48.